The van der Waals surface area contributed by atoms with E-state index in [0.29, 0.717) is 11.1 Å². The van der Waals surface area contributed by atoms with Gasteiger partial charge in [-0.2, -0.15) is 5.26 Å². The molecule has 0 fully saturated rings. The van der Waals surface area contributed by atoms with Crippen LogP contribution in [0.2, 0.25) is 0 Å². The average molecular weight is 190 g/mol. The van der Waals surface area contributed by atoms with Gasteiger partial charge in [0.1, 0.15) is 0 Å². The van der Waals surface area contributed by atoms with E-state index in [9.17, 15) is 10.1 Å². The van der Waals surface area contributed by atoms with Crippen LogP contribution < -0.4 is 0 Å². The Morgan fingerprint density at radius 3 is 2.57 bits per heavy atom. The van der Waals surface area contributed by atoms with Gasteiger partial charge >= 0.3 is 0 Å². The Morgan fingerprint density at radius 1 is 1.50 bits per heavy atom. The highest BCUT2D eigenvalue weighted by Crippen LogP contribution is 2.26. The third-order valence-corrected chi connectivity index (χ3v) is 1.98. The van der Waals surface area contributed by atoms with E-state index in [-0.39, 0.29) is 11.6 Å². The van der Waals surface area contributed by atoms with Gasteiger partial charge in [0, 0.05) is 11.6 Å². The first-order valence-electron chi connectivity index (χ1n) is 4.24. The molecule has 0 N–H and O–H groups in total. The number of rotatable bonds is 2. The highest BCUT2D eigenvalue weighted by atomic mass is 16.6. The Labute approximate surface area is 81.9 Å². The molecular weight excluding hydrogens is 180 g/mol. The molecule has 1 aromatic rings. The SMILES string of the molecule is CC(C)c1cc(C#N)ccc1[N+](=O)[O-]. The van der Waals surface area contributed by atoms with Gasteiger partial charge in [-0.25, -0.2) is 0 Å². The maximum Gasteiger partial charge on any atom is 0.272 e. The normalized spacial score (nSPS) is 9.86. The molecule has 0 amide bonds. The van der Waals surface area contributed by atoms with Crippen molar-refractivity contribution in [2.75, 3.05) is 0 Å². The van der Waals surface area contributed by atoms with Crippen molar-refractivity contribution in [1.82, 2.24) is 0 Å². The fourth-order valence-corrected chi connectivity index (χ4v) is 1.25. The van der Waals surface area contributed by atoms with Crippen molar-refractivity contribution in [3.8, 4) is 6.07 Å². The predicted octanol–water partition coefficient (Wildman–Crippen LogP) is 2.59. The summed E-state index contributed by atoms with van der Waals surface area (Å²) in [6, 6.07) is 6.38. The van der Waals surface area contributed by atoms with E-state index in [4.69, 9.17) is 5.26 Å². The second-order valence-corrected chi connectivity index (χ2v) is 3.30. The summed E-state index contributed by atoms with van der Waals surface area (Å²) < 4.78 is 0. The van der Waals surface area contributed by atoms with Crippen LogP contribution in [0.4, 0.5) is 5.69 Å². The van der Waals surface area contributed by atoms with E-state index in [1.165, 1.54) is 12.1 Å². The summed E-state index contributed by atoms with van der Waals surface area (Å²) in [5, 5.41) is 19.3. The van der Waals surface area contributed by atoms with Gasteiger partial charge in [0.05, 0.1) is 16.6 Å². The number of nitro groups is 1. The van der Waals surface area contributed by atoms with Gasteiger partial charge in [-0.1, -0.05) is 13.8 Å². The van der Waals surface area contributed by atoms with Crippen LogP contribution in [0.3, 0.4) is 0 Å². The summed E-state index contributed by atoms with van der Waals surface area (Å²) >= 11 is 0. The topological polar surface area (TPSA) is 66.9 Å². The van der Waals surface area contributed by atoms with Crippen molar-refractivity contribution >= 4 is 5.69 Å². The van der Waals surface area contributed by atoms with Gasteiger partial charge in [0.2, 0.25) is 0 Å². The third-order valence-electron chi connectivity index (χ3n) is 1.98. The molecule has 0 aliphatic carbocycles. The smallest absolute Gasteiger partial charge is 0.258 e. The molecule has 14 heavy (non-hydrogen) atoms. The van der Waals surface area contributed by atoms with Crippen molar-refractivity contribution in [2.45, 2.75) is 19.8 Å². The number of nitriles is 1. The third kappa shape index (κ3) is 1.88. The van der Waals surface area contributed by atoms with E-state index in [1.54, 1.807) is 6.07 Å². The molecule has 0 heterocycles. The fraction of sp³-hybridized carbons (Fsp3) is 0.300. The largest absolute Gasteiger partial charge is 0.272 e. The Bertz CT molecular complexity index is 405. The molecule has 0 bridgehead atoms. The molecule has 1 rings (SSSR count). The maximum absolute atomic E-state index is 10.6. The zero-order valence-corrected chi connectivity index (χ0v) is 8.02. The Balaban J connectivity index is 3.33. The van der Waals surface area contributed by atoms with Crippen LogP contribution >= 0.6 is 0 Å². The highest BCUT2D eigenvalue weighted by molar-refractivity contribution is 5.47. The van der Waals surface area contributed by atoms with E-state index >= 15 is 0 Å². The van der Waals surface area contributed by atoms with Crippen LogP contribution in [0.25, 0.3) is 0 Å². The second kappa shape index (κ2) is 3.88. The van der Waals surface area contributed by atoms with Gasteiger partial charge in [0.25, 0.3) is 5.69 Å². The Morgan fingerprint density at radius 2 is 2.14 bits per heavy atom. The molecule has 0 spiro atoms. The van der Waals surface area contributed by atoms with E-state index < -0.39 is 4.92 Å². The van der Waals surface area contributed by atoms with Crippen molar-refractivity contribution < 1.29 is 4.92 Å². The van der Waals surface area contributed by atoms with Crippen molar-refractivity contribution in [1.29, 1.82) is 5.26 Å². The van der Waals surface area contributed by atoms with Crippen molar-refractivity contribution in [3.63, 3.8) is 0 Å². The molecule has 0 aromatic heterocycles. The molecule has 0 saturated carbocycles. The van der Waals surface area contributed by atoms with E-state index in [1.807, 2.05) is 19.9 Å². The molecule has 0 atom stereocenters. The average Bonchev–Trinajstić information content (AvgIpc) is 2.16. The lowest BCUT2D eigenvalue weighted by Gasteiger charge is -2.05. The molecule has 0 radical (unpaired) electrons. The van der Waals surface area contributed by atoms with E-state index in [0.717, 1.165) is 0 Å². The van der Waals surface area contributed by atoms with Crippen LogP contribution in [0.15, 0.2) is 18.2 Å². The minimum absolute atomic E-state index is 0.0451. The fourth-order valence-electron chi connectivity index (χ4n) is 1.25. The van der Waals surface area contributed by atoms with Crippen LogP contribution in [-0.2, 0) is 0 Å². The quantitative estimate of drug-likeness (QED) is 0.531. The zero-order valence-electron chi connectivity index (χ0n) is 8.02. The summed E-state index contributed by atoms with van der Waals surface area (Å²) in [7, 11) is 0. The monoisotopic (exact) mass is 190 g/mol. The summed E-state index contributed by atoms with van der Waals surface area (Å²) in [6.45, 7) is 3.73. The lowest BCUT2D eigenvalue weighted by Crippen LogP contribution is -1.97. The number of hydrogen-bond donors (Lipinski definition) is 0. The predicted molar refractivity (Wildman–Crippen MR) is 51.9 cm³/mol. The summed E-state index contributed by atoms with van der Waals surface area (Å²) in [5.74, 6) is 0.0451. The number of nitrogens with zero attached hydrogens (tertiary/aromatic N) is 2. The lowest BCUT2D eigenvalue weighted by molar-refractivity contribution is -0.385. The molecule has 4 nitrogen and oxygen atoms in total. The molecule has 4 heteroatoms. The van der Waals surface area contributed by atoms with Crippen LogP contribution in [0.5, 0.6) is 0 Å². The molecule has 0 unspecified atom stereocenters. The zero-order chi connectivity index (χ0) is 10.7. The van der Waals surface area contributed by atoms with Crippen LogP contribution in [-0.4, -0.2) is 4.92 Å². The summed E-state index contributed by atoms with van der Waals surface area (Å²) in [4.78, 5) is 10.2. The minimum Gasteiger partial charge on any atom is -0.258 e. The number of nitro benzene ring substituents is 1. The molecule has 72 valence electrons. The molecule has 0 aliphatic heterocycles. The van der Waals surface area contributed by atoms with Crippen molar-refractivity contribution in [3.05, 3.63) is 39.4 Å². The minimum atomic E-state index is -0.420. The molecule has 0 aliphatic rings. The van der Waals surface area contributed by atoms with E-state index in [2.05, 4.69) is 0 Å². The second-order valence-electron chi connectivity index (χ2n) is 3.30. The molecule has 1 aromatic carbocycles. The number of hydrogen-bond acceptors (Lipinski definition) is 3. The molecule has 0 saturated heterocycles. The Hall–Kier alpha value is -1.89. The lowest BCUT2D eigenvalue weighted by atomic mass is 9.99. The summed E-state index contributed by atoms with van der Waals surface area (Å²) in [5.41, 5.74) is 1.15. The first-order chi connectivity index (χ1) is 6.56. The van der Waals surface area contributed by atoms with Crippen molar-refractivity contribution in [2.24, 2.45) is 0 Å². The molecular formula is C10H10N2O2. The highest BCUT2D eigenvalue weighted by Gasteiger charge is 2.16. The van der Waals surface area contributed by atoms with Gasteiger partial charge < -0.3 is 0 Å². The van der Waals surface area contributed by atoms with Gasteiger partial charge in [-0.15, -0.1) is 0 Å². The summed E-state index contributed by atoms with van der Waals surface area (Å²) in [6.07, 6.45) is 0. The van der Waals surface area contributed by atoms with Gasteiger partial charge in [0.15, 0.2) is 0 Å². The maximum atomic E-state index is 10.6. The standard InChI is InChI=1S/C10H10N2O2/c1-7(2)9-5-8(6-11)3-4-10(9)12(13)14/h3-5,7H,1-2H3. The van der Waals surface area contributed by atoms with Crippen LogP contribution in [0.1, 0.15) is 30.9 Å². The Kier molecular flexibility index (Phi) is 2.82. The first-order valence-corrected chi connectivity index (χ1v) is 4.24. The van der Waals surface area contributed by atoms with Gasteiger partial charge in [-0.3, -0.25) is 10.1 Å². The first kappa shape index (κ1) is 10.2. The number of benzene rings is 1. The van der Waals surface area contributed by atoms with Gasteiger partial charge in [-0.05, 0) is 18.1 Å². The van der Waals surface area contributed by atoms with Crippen LogP contribution in [0, 0.1) is 21.4 Å².